The van der Waals surface area contributed by atoms with Gasteiger partial charge in [0.1, 0.15) is 11.6 Å². The van der Waals surface area contributed by atoms with E-state index < -0.39 is 21.9 Å². The van der Waals surface area contributed by atoms with E-state index in [9.17, 15) is 12.8 Å². The molecule has 1 aliphatic rings. The Hall–Kier alpha value is -1.96. The summed E-state index contributed by atoms with van der Waals surface area (Å²) in [4.78, 5) is 0.181. The van der Waals surface area contributed by atoms with Crippen molar-refractivity contribution >= 4 is 10.0 Å². The van der Waals surface area contributed by atoms with Crippen molar-refractivity contribution in [3.05, 3.63) is 59.4 Å². The number of halogens is 1. The second-order valence-electron chi connectivity index (χ2n) is 5.50. The van der Waals surface area contributed by atoms with Crippen LogP contribution in [0.2, 0.25) is 0 Å². The molecule has 0 aliphatic carbocycles. The van der Waals surface area contributed by atoms with Gasteiger partial charge in [-0.15, -0.1) is 0 Å². The number of ether oxygens (including phenoxy) is 2. The van der Waals surface area contributed by atoms with Gasteiger partial charge in [-0.3, -0.25) is 0 Å². The first-order chi connectivity index (χ1) is 11.5. The smallest absolute Gasteiger partial charge is 0.240 e. The van der Waals surface area contributed by atoms with Gasteiger partial charge in [0.25, 0.3) is 0 Å². The molecule has 1 aliphatic heterocycles. The highest BCUT2D eigenvalue weighted by Crippen LogP contribution is 2.27. The number of fused-ring (bicyclic) bond motifs is 1. The summed E-state index contributed by atoms with van der Waals surface area (Å²) in [5.74, 6) is 0.333. The number of rotatable bonds is 6. The second kappa shape index (κ2) is 6.88. The predicted molar refractivity (Wildman–Crippen MR) is 87.0 cm³/mol. The number of hydrogen-bond acceptors (Lipinski definition) is 4. The van der Waals surface area contributed by atoms with Crippen molar-refractivity contribution < 1.29 is 22.3 Å². The van der Waals surface area contributed by atoms with Crippen molar-refractivity contribution in [1.82, 2.24) is 4.72 Å². The summed E-state index contributed by atoms with van der Waals surface area (Å²) < 4.78 is 51.4. The van der Waals surface area contributed by atoms with Crippen molar-refractivity contribution in [2.45, 2.75) is 17.4 Å². The van der Waals surface area contributed by atoms with Crippen LogP contribution in [0.1, 0.15) is 17.2 Å². The van der Waals surface area contributed by atoms with Gasteiger partial charge in [-0.05, 0) is 41.5 Å². The lowest BCUT2D eigenvalue weighted by Crippen LogP contribution is -2.29. The highest BCUT2D eigenvalue weighted by atomic mass is 32.2. The first-order valence-corrected chi connectivity index (χ1v) is 9.01. The Morgan fingerprint density at radius 3 is 2.88 bits per heavy atom. The number of nitrogens with one attached hydrogen (secondary N) is 1. The maximum Gasteiger partial charge on any atom is 0.240 e. The molecule has 2 aromatic rings. The van der Waals surface area contributed by atoms with E-state index >= 15 is 0 Å². The van der Waals surface area contributed by atoms with E-state index in [0.717, 1.165) is 11.3 Å². The predicted octanol–water partition coefficient (Wildman–Crippen LogP) is 2.43. The number of benzene rings is 2. The van der Waals surface area contributed by atoms with Crippen LogP contribution in [0, 0.1) is 5.82 Å². The Kier molecular flexibility index (Phi) is 4.84. The first-order valence-electron chi connectivity index (χ1n) is 7.53. The Balaban J connectivity index is 1.74. The van der Waals surface area contributed by atoms with Crippen LogP contribution in [-0.4, -0.2) is 28.7 Å². The zero-order valence-corrected chi connectivity index (χ0v) is 14.0. The van der Waals surface area contributed by atoms with E-state index in [2.05, 4.69) is 4.72 Å². The van der Waals surface area contributed by atoms with Gasteiger partial charge in [0.2, 0.25) is 10.0 Å². The average Bonchev–Trinajstić information content (AvgIpc) is 3.03. The molecule has 128 valence electrons. The molecule has 0 saturated heterocycles. The monoisotopic (exact) mass is 351 g/mol. The Labute approximate surface area is 140 Å². The fourth-order valence-electron chi connectivity index (χ4n) is 2.64. The third-order valence-electron chi connectivity index (χ3n) is 3.93. The molecule has 0 unspecified atom stereocenters. The quantitative estimate of drug-likeness (QED) is 0.868. The van der Waals surface area contributed by atoms with Gasteiger partial charge >= 0.3 is 0 Å². The second-order valence-corrected chi connectivity index (χ2v) is 7.27. The van der Waals surface area contributed by atoms with E-state index in [1.807, 2.05) is 0 Å². The van der Waals surface area contributed by atoms with Crippen molar-refractivity contribution in [3.8, 4) is 5.75 Å². The summed E-state index contributed by atoms with van der Waals surface area (Å²) in [5, 5.41) is 0. The van der Waals surface area contributed by atoms with Crippen LogP contribution < -0.4 is 9.46 Å². The summed E-state index contributed by atoms with van der Waals surface area (Å²) in [6.07, 6.45) is 0.121. The van der Waals surface area contributed by atoms with E-state index in [-0.39, 0.29) is 11.4 Å². The molecule has 2 aromatic carbocycles. The summed E-state index contributed by atoms with van der Waals surface area (Å²) in [7, 11) is -2.23. The maximum absolute atomic E-state index is 13.3. The summed E-state index contributed by atoms with van der Waals surface area (Å²) in [6.45, 7) is 0.577. The molecule has 0 fully saturated rings. The Bertz CT molecular complexity index is 838. The number of hydrogen-bond donors (Lipinski definition) is 1. The fraction of sp³-hybridized carbons (Fsp3) is 0.294. The molecule has 1 atom stereocenters. The molecule has 5 nitrogen and oxygen atoms in total. The van der Waals surface area contributed by atoms with Crippen molar-refractivity contribution in [2.75, 3.05) is 20.3 Å². The van der Waals surface area contributed by atoms with E-state index in [0.29, 0.717) is 18.6 Å². The molecule has 0 spiro atoms. The highest BCUT2D eigenvalue weighted by Gasteiger charge is 2.21. The van der Waals surface area contributed by atoms with Gasteiger partial charge in [0.05, 0.1) is 17.6 Å². The van der Waals surface area contributed by atoms with Gasteiger partial charge in [-0.1, -0.05) is 12.1 Å². The largest absolute Gasteiger partial charge is 0.493 e. The molecule has 0 saturated carbocycles. The lowest BCUT2D eigenvalue weighted by atomic mass is 10.1. The third kappa shape index (κ3) is 3.58. The van der Waals surface area contributed by atoms with Crippen molar-refractivity contribution in [1.29, 1.82) is 0 Å². The molecule has 1 heterocycles. The molecule has 1 N–H and O–H groups in total. The van der Waals surface area contributed by atoms with Gasteiger partial charge in [0.15, 0.2) is 0 Å². The summed E-state index contributed by atoms with van der Waals surface area (Å²) in [5.41, 5.74) is 1.45. The molecular weight excluding hydrogens is 333 g/mol. The van der Waals surface area contributed by atoms with Crippen LogP contribution in [0.5, 0.6) is 5.75 Å². The molecule has 0 bridgehead atoms. The number of sulfonamides is 1. The molecule has 0 aromatic heterocycles. The average molecular weight is 351 g/mol. The number of methoxy groups -OCH3 is 1. The van der Waals surface area contributed by atoms with Gasteiger partial charge < -0.3 is 9.47 Å². The van der Waals surface area contributed by atoms with Crippen LogP contribution in [0.4, 0.5) is 4.39 Å². The summed E-state index contributed by atoms with van der Waals surface area (Å²) >= 11 is 0. The van der Waals surface area contributed by atoms with Crippen LogP contribution in [0.3, 0.4) is 0 Å². The minimum atomic E-state index is -3.68. The Morgan fingerprint density at radius 1 is 1.29 bits per heavy atom. The zero-order chi connectivity index (χ0) is 17.2. The minimum absolute atomic E-state index is 0.00979. The lowest BCUT2D eigenvalue weighted by molar-refractivity contribution is 0.107. The maximum atomic E-state index is 13.3. The van der Waals surface area contributed by atoms with Gasteiger partial charge in [-0.2, -0.15) is 0 Å². The van der Waals surface area contributed by atoms with Crippen molar-refractivity contribution in [2.24, 2.45) is 0 Å². The molecule has 7 heteroatoms. The van der Waals surface area contributed by atoms with Crippen LogP contribution in [0.25, 0.3) is 0 Å². The van der Waals surface area contributed by atoms with Crippen LogP contribution in [-0.2, 0) is 21.2 Å². The van der Waals surface area contributed by atoms with E-state index in [4.69, 9.17) is 9.47 Å². The van der Waals surface area contributed by atoms with Gasteiger partial charge in [-0.25, -0.2) is 17.5 Å². The lowest BCUT2D eigenvalue weighted by Gasteiger charge is -2.17. The molecule has 24 heavy (non-hydrogen) atoms. The fourth-order valence-corrected chi connectivity index (χ4v) is 3.73. The third-order valence-corrected chi connectivity index (χ3v) is 5.36. The molecular formula is C17H18FNO4S. The zero-order valence-electron chi connectivity index (χ0n) is 13.2. The SMILES string of the molecule is CO[C@H](CNS(=O)(=O)c1ccc2c(c1)CCO2)c1cccc(F)c1. The summed E-state index contributed by atoms with van der Waals surface area (Å²) in [6, 6.07) is 10.7. The van der Waals surface area contributed by atoms with Crippen LogP contribution in [0.15, 0.2) is 47.4 Å². The normalized spacial score (nSPS) is 14.9. The standard InChI is InChI=1S/C17H18FNO4S/c1-22-17(12-3-2-4-14(18)9-12)11-19-24(20,21)15-5-6-16-13(10-15)7-8-23-16/h2-6,9-10,17,19H,7-8,11H2,1H3/t17-/m1/s1. The molecule has 0 amide bonds. The topological polar surface area (TPSA) is 64.6 Å². The molecule has 3 rings (SSSR count). The van der Waals surface area contributed by atoms with Gasteiger partial charge in [0, 0.05) is 20.1 Å². The van der Waals surface area contributed by atoms with Crippen molar-refractivity contribution in [3.63, 3.8) is 0 Å². The van der Waals surface area contributed by atoms with E-state index in [1.165, 1.54) is 25.3 Å². The Morgan fingerprint density at radius 2 is 2.12 bits per heavy atom. The first kappa shape index (κ1) is 16.9. The molecule has 0 radical (unpaired) electrons. The minimum Gasteiger partial charge on any atom is -0.493 e. The van der Waals surface area contributed by atoms with Crippen LogP contribution >= 0.6 is 0 Å². The van der Waals surface area contributed by atoms with E-state index in [1.54, 1.807) is 24.3 Å². The highest BCUT2D eigenvalue weighted by molar-refractivity contribution is 7.89.